The summed E-state index contributed by atoms with van der Waals surface area (Å²) in [5, 5.41) is 0. The Morgan fingerprint density at radius 1 is 0.142 bits per heavy atom. The van der Waals surface area contributed by atoms with Gasteiger partial charge in [0.15, 0.2) is 0 Å². The maximum Gasteiger partial charge on any atom is 0.0575 e. The third-order valence-corrected chi connectivity index (χ3v) is 40.2. The largest absolute Gasteiger partial charge is 0.381 e. The van der Waals surface area contributed by atoms with Crippen LogP contribution in [0.15, 0.2) is 0 Å². The van der Waals surface area contributed by atoms with Crippen molar-refractivity contribution in [3.8, 4) is 0 Å². The van der Waals surface area contributed by atoms with Crippen LogP contribution in [0, 0.1) is 148 Å². The molecule has 0 saturated heterocycles. The Balaban J connectivity index is 0.000000183. The second-order valence-electron chi connectivity index (χ2n) is 48.9. The van der Waals surface area contributed by atoms with E-state index in [1.165, 1.54) is 327 Å². The van der Waals surface area contributed by atoms with Crippen LogP contribution in [0.2, 0.25) is 0 Å². The average Bonchev–Trinajstić information content (AvgIpc) is 0.879. The van der Waals surface area contributed by atoms with Crippen molar-refractivity contribution in [2.45, 2.75) is 621 Å². The highest BCUT2D eigenvalue weighted by atomic mass is 16.5. The molecule has 748 valence electrons. The molecule has 127 heavy (non-hydrogen) atoms. The van der Waals surface area contributed by atoms with Gasteiger partial charge in [0.05, 0.1) is 18.3 Å². The van der Waals surface area contributed by atoms with Crippen LogP contribution in [0.25, 0.3) is 0 Å². The third-order valence-electron chi connectivity index (χ3n) is 40.2. The van der Waals surface area contributed by atoms with E-state index in [0.717, 1.165) is 155 Å². The Bertz CT molecular complexity index is 2230. The first kappa shape index (κ1) is 112. The van der Waals surface area contributed by atoms with E-state index in [-0.39, 0.29) is 0 Å². The molecule has 0 aromatic carbocycles. The summed E-state index contributed by atoms with van der Waals surface area (Å²) in [6.07, 6.45) is 122. The van der Waals surface area contributed by atoms with Crippen LogP contribution in [-0.4, -0.2) is 39.1 Å². The van der Waals surface area contributed by atoms with E-state index in [1.807, 2.05) is 14.2 Å². The van der Waals surface area contributed by atoms with Crippen molar-refractivity contribution in [3.63, 3.8) is 0 Å². The van der Waals surface area contributed by atoms with Gasteiger partial charge >= 0.3 is 0 Å². The minimum absolute atomic E-state index is 0.572. The molecule has 14 aliphatic rings. The zero-order chi connectivity index (χ0) is 90.3. The summed E-state index contributed by atoms with van der Waals surface area (Å²) >= 11 is 0. The smallest absolute Gasteiger partial charge is 0.0575 e. The number of rotatable bonds is 36. The first-order valence-corrected chi connectivity index (χ1v) is 61.0. The van der Waals surface area contributed by atoms with Gasteiger partial charge in [0.25, 0.3) is 0 Å². The first-order chi connectivity index (χ1) is 62.3. The maximum atomic E-state index is 5.92. The van der Waals surface area contributed by atoms with Crippen LogP contribution < -0.4 is 0 Å². The van der Waals surface area contributed by atoms with Gasteiger partial charge in [0.2, 0.25) is 0 Å². The number of hydrogen-bond acceptors (Lipinski definition) is 3. The third kappa shape index (κ3) is 43.4. The first-order valence-electron chi connectivity index (χ1n) is 61.0. The SMILES string of the molecule is CCCC1CCC(C2CCC(CC)CC2)CC1.CCCC1CCC(C2CCC(CCC)CC2)CC1.CCCC1CCC(C2CCC(OC)CC2)CC1.CCCC1CCC(C2CCC(OC)CC2)CC1.CCCCC1CCC(C2CCC(CCC)CC2)CC1.CCCCCC1CCC(C2CCC(CCC)CC2)CC1.CCCOC1CCC(C2CCC(CCC)CC2)CC1. The topological polar surface area (TPSA) is 27.7 Å². The minimum Gasteiger partial charge on any atom is -0.381 e. The van der Waals surface area contributed by atoms with Crippen LogP contribution in [-0.2, 0) is 14.2 Å². The van der Waals surface area contributed by atoms with Crippen LogP contribution >= 0.6 is 0 Å². The van der Waals surface area contributed by atoms with Crippen molar-refractivity contribution < 1.29 is 14.2 Å². The van der Waals surface area contributed by atoms with Crippen molar-refractivity contribution >= 4 is 0 Å². The average molecular weight is 1770 g/mol. The standard InChI is InChI=1S/C20H38.C19H36.C18H34O.C18H34.C17H32.2C16H30O/c1-3-5-6-8-18-11-15-20(16-12-18)19-13-9-17(7-4-2)10-14-19;1-3-5-7-17-10-14-19(15-11-17)18-12-8-16(6-4-2)9-13-18;1-3-5-15-6-8-16(9-7-15)17-10-12-18(13-11-17)19-14-4-2;1-3-5-15-7-11-17(12-8-15)18-13-9-16(6-4-2)10-14-18;1-3-5-15-8-12-17(13-9-15)16-10-6-14(4-2)7-11-16;2*1-3-4-13-5-7-14(8-6-13)15-9-11-16(17-2)12-10-15/h17-20H,3-16H2,1-2H3;16-19H,3-15H2,1-2H3;15-18H,3-14H2,1-2H3;15-18H,3-14H2,1-2H3;14-17H,3-13H2,1-2H3;2*13-16H,3-12H2,1-2H3. The fourth-order valence-corrected chi connectivity index (χ4v) is 31.6. The lowest BCUT2D eigenvalue weighted by atomic mass is 9.68. The quantitative estimate of drug-likeness (QED) is 0.0585. The molecular formula is C124H234O3. The van der Waals surface area contributed by atoms with Gasteiger partial charge in [0, 0.05) is 20.8 Å². The van der Waals surface area contributed by atoms with E-state index >= 15 is 0 Å². The summed E-state index contributed by atoms with van der Waals surface area (Å²) in [6, 6.07) is 0. The molecule has 0 radical (unpaired) electrons. The Morgan fingerprint density at radius 3 is 0.457 bits per heavy atom. The van der Waals surface area contributed by atoms with E-state index in [0.29, 0.717) is 18.3 Å². The van der Waals surface area contributed by atoms with Crippen molar-refractivity contribution in [2.75, 3.05) is 20.8 Å². The molecule has 14 aliphatic carbocycles. The fourth-order valence-electron chi connectivity index (χ4n) is 31.6. The van der Waals surface area contributed by atoms with Crippen LogP contribution in [0.5, 0.6) is 0 Å². The lowest BCUT2D eigenvalue weighted by Crippen LogP contribution is -2.28. The molecule has 0 amide bonds. The van der Waals surface area contributed by atoms with E-state index in [9.17, 15) is 0 Å². The molecule has 0 atom stereocenters. The highest BCUT2D eigenvalue weighted by Crippen LogP contribution is 2.51. The van der Waals surface area contributed by atoms with Gasteiger partial charge in [-0.1, -0.05) is 378 Å². The zero-order valence-corrected chi connectivity index (χ0v) is 89.4. The molecule has 14 rings (SSSR count). The predicted molar refractivity (Wildman–Crippen MR) is 561 cm³/mol. The molecule has 0 bridgehead atoms. The van der Waals surface area contributed by atoms with Crippen LogP contribution in [0.4, 0.5) is 0 Å². The van der Waals surface area contributed by atoms with Gasteiger partial charge in [0.1, 0.15) is 0 Å². The highest BCUT2D eigenvalue weighted by molar-refractivity contribution is 4.90. The lowest BCUT2D eigenvalue weighted by molar-refractivity contribution is 0.00728. The molecule has 0 heterocycles. The normalized spacial score (nSPS) is 37.5. The Kier molecular flexibility index (Phi) is 60.8. The Labute approximate surface area is 799 Å². The molecule has 0 aromatic rings. The zero-order valence-electron chi connectivity index (χ0n) is 89.4. The van der Waals surface area contributed by atoms with Crippen molar-refractivity contribution in [1.29, 1.82) is 0 Å². The molecule has 3 nitrogen and oxygen atoms in total. The van der Waals surface area contributed by atoms with Crippen molar-refractivity contribution in [1.82, 2.24) is 0 Å². The summed E-state index contributed by atoms with van der Waals surface area (Å²) in [4.78, 5) is 0. The summed E-state index contributed by atoms with van der Waals surface area (Å²) < 4.78 is 16.9. The number of unbranched alkanes of at least 4 members (excludes halogenated alkanes) is 3. The molecule has 14 saturated carbocycles. The molecule has 14 fully saturated rings. The molecule has 0 spiro atoms. The molecular weight excluding hydrogens is 1540 g/mol. The highest BCUT2D eigenvalue weighted by Gasteiger charge is 2.39. The molecule has 0 N–H and O–H groups in total. The molecule has 3 heteroatoms. The van der Waals surface area contributed by atoms with E-state index in [2.05, 4.69) is 83.1 Å². The minimum atomic E-state index is 0.572. The van der Waals surface area contributed by atoms with Gasteiger partial charge in [-0.05, 0) is 373 Å². The number of methoxy groups -OCH3 is 2. The Morgan fingerprint density at radius 2 is 0.299 bits per heavy atom. The number of hydrogen-bond donors (Lipinski definition) is 0. The molecule has 0 aromatic heterocycles. The predicted octanol–water partition coefficient (Wildman–Crippen LogP) is 40.8. The summed E-state index contributed by atoms with van der Waals surface area (Å²) in [5.74, 6) is 27.0. The fraction of sp³-hybridized carbons (Fsp3) is 1.00. The number of ether oxygens (including phenoxy) is 3. The second kappa shape index (κ2) is 68.8. The van der Waals surface area contributed by atoms with Gasteiger partial charge in [-0.3, -0.25) is 0 Å². The molecule has 0 unspecified atom stereocenters. The van der Waals surface area contributed by atoms with Gasteiger partial charge in [-0.2, -0.15) is 0 Å². The van der Waals surface area contributed by atoms with E-state index < -0.39 is 0 Å². The Hall–Kier alpha value is -0.120. The summed E-state index contributed by atoms with van der Waals surface area (Å²) in [6.45, 7) is 29.0. The lowest BCUT2D eigenvalue weighted by Gasteiger charge is -2.38. The van der Waals surface area contributed by atoms with E-state index in [1.54, 1.807) is 193 Å². The van der Waals surface area contributed by atoms with Gasteiger partial charge in [-0.15, -0.1) is 0 Å². The summed E-state index contributed by atoms with van der Waals surface area (Å²) in [7, 11) is 3.75. The van der Waals surface area contributed by atoms with Crippen molar-refractivity contribution in [3.05, 3.63) is 0 Å². The van der Waals surface area contributed by atoms with Gasteiger partial charge < -0.3 is 14.2 Å². The van der Waals surface area contributed by atoms with Crippen LogP contribution in [0.3, 0.4) is 0 Å². The molecule has 0 aliphatic heterocycles. The van der Waals surface area contributed by atoms with Crippen molar-refractivity contribution in [2.24, 2.45) is 148 Å². The maximum absolute atomic E-state index is 5.92. The summed E-state index contributed by atoms with van der Waals surface area (Å²) in [5.41, 5.74) is 0. The van der Waals surface area contributed by atoms with Gasteiger partial charge in [-0.25, -0.2) is 0 Å². The second-order valence-corrected chi connectivity index (χ2v) is 48.9. The monoisotopic (exact) mass is 1770 g/mol. The van der Waals surface area contributed by atoms with E-state index in [4.69, 9.17) is 14.2 Å². The van der Waals surface area contributed by atoms with Crippen LogP contribution in [0.1, 0.15) is 603 Å².